The molecule has 1 rings (SSSR count). The van der Waals surface area contributed by atoms with E-state index in [1.807, 2.05) is 0 Å². The highest BCUT2D eigenvalue weighted by Gasteiger charge is 2.33. The maximum absolute atomic E-state index is 12.2. The summed E-state index contributed by atoms with van der Waals surface area (Å²) in [7, 11) is 0. The molecule has 1 aromatic heterocycles. The normalized spacial score (nSPS) is 11.4. The van der Waals surface area contributed by atoms with Crippen LogP contribution in [0.1, 0.15) is 16.1 Å². The van der Waals surface area contributed by atoms with Gasteiger partial charge >= 0.3 is 6.18 Å². The summed E-state index contributed by atoms with van der Waals surface area (Å²) in [6.07, 6.45) is -4.46. The summed E-state index contributed by atoms with van der Waals surface area (Å²) >= 11 is 1.41. The summed E-state index contributed by atoms with van der Waals surface area (Å²) in [5, 5.41) is 0. The van der Waals surface area contributed by atoms with Crippen molar-refractivity contribution >= 4 is 28.5 Å². The van der Waals surface area contributed by atoms with Crippen LogP contribution in [0.3, 0.4) is 0 Å². The highest BCUT2D eigenvalue weighted by molar-refractivity contribution is 14.1. The predicted molar refractivity (Wildman–Crippen MR) is 50.5 cm³/mol. The summed E-state index contributed by atoms with van der Waals surface area (Å²) in [6.45, 7) is 0. The maximum Gasteiger partial charge on any atom is 0.418 e. The number of nitrogens with two attached hydrogens (primary N) is 1. The van der Waals surface area contributed by atoms with E-state index in [2.05, 4.69) is 4.98 Å². The van der Waals surface area contributed by atoms with E-state index in [4.69, 9.17) is 5.73 Å². The van der Waals surface area contributed by atoms with Gasteiger partial charge < -0.3 is 5.73 Å². The summed E-state index contributed by atoms with van der Waals surface area (Å²) in [5.41, 5.74) is 3.81. The number of aromatic nitrogens is 1. The molecule has 2 N–H and O–H groups in total. The Morgan fingerprint density at radius 1 is 1.43 bits per heavy atom. The fourth-order valence-corrected chi connectivity index (χ4v) is 1.53. The lowest BCUT2D eigenvalue weighted by atomic mass is 10.2. The van der Waals surface area contributed by atoms with Gasteiger partial charge in [-0.05, 0) is 34.7 Å². The van der Waals surface area contributed by atoms with Crippen LogP contribution >= 0.6 is 22.6 Å². The number of alkyl halides is 3. The van der Waals surface area contributed by atoms with E-state index in [0.717, 1.165) is 12.1 Å². The zero-order valence-corrected chi connectivity index (χ0v) is 8.76. The number of nitrogens with zero attached hydrogens (tertiary/aromatic N) is 1. The van der Waals surface area contributed by atoms with Gasteiger partial charge in [0.15, 0.2) is 0 Å². The molecule has 0 aliphatic heterocycles. The van der Waals surface area contributed by atoms with Crippen molar-refractivity contribution in [1.29, 1.82) is 0 Å². The van der Waals surface area contributed by atoms with Gasteiger partial charge in [0, 0.05) is 0 Å². The van der Waals surface area contributed by atoms with Crippen molar-refractivity contribution in [3.63, 3.8) is 0 Å². The molecule has 0 spiro atoms. The van der Waals surface area contributed by atoms with Crippen molar-refractivity contribution in [2.75, 3.05) is 0 Å². The third-order valence-electron chi connectivity index (χ3n) is 1.41. The van der Waals surface area contributed by atoms with Crippen molar-refractivity contribution < 1.29 is 18.0 Å². The molecule has 0 aromatic carbocycles. The summed E-state index contributed by atoms with van der Waals surface area (Å²) in [5.74, 6) is -0.850. The fourth-order valence-electron chi connectivity index (χ4n) is 0.783. The molecule has 0 saturated heterocycles. The van der Waals surface area contributed by atoms with Gasteiger partial charge in [-0.2, -0.15) is 13.2 Å². The van der Waals surface area contributed by atoms with Crippen LogP contribution in [0.2, 0.25) is 0 Å². The Labute approximate surface area is 90.6 Å². The van der Waals surface area contributed by atoms with Gasteiger partial charge in [-0.25, -0.2) is 4.98 Å². The van der Waals surface area contributed by atoms with Crippen LogP contribution in [-0.4, -0.2) is 10.9 Å². The van der Waals surface area contributed by atoms with Gasteiger partial charge in [0.2, 0.25) is 0 Å². The number of pyridine rings is 1. The second-order valence-corrected chi connectivity index (χ2v) is 3.42. The first-order valence-corrected chi connectivity index (χ1v) is 4.44. The molecule has 76 valence electrons. The topological polar surface area (TPSA) is 56.0 Å². The van der Waals surface area contributed by atoms with Crippen molar-refractivity contribution in [3.05, 3.63) is 27.1 Å². The Morgan fingerprint density at radius 2 is 2.00 bits per heavy atom. The van der Waals surface area contributed by atoms with Gasteiger partial charge in [-0.3, -0.25) is 4.79 Å². The quantitative estimate of drug-likeness (QED) is 0.634. The molecule has 0 aliphatic carbocycles. The van der Waals surface area contributed by atoms with E-state index < -0.39 is 17.6 Å². The van der Waals surface area contributed by atoms with Gasteiger partial charge in [-0.15, -0.1) is 0 Å². The number of primary amides is 1. The number of carbonyl (C=O) groups excluding carboxylic acids is 1. The van der Waals surface area contributed by atoms with E-state index in [9.17, 15) is 18.0 Å². The summed E-state index contributed by atoms with van der Waals surface area (Å²) in [6, 6.07) is 1.74. The number of hydrogen-bond donors (Lipinski definition) is 1. The van der Waals surface area contributed by atoms with Crippen molar-refractivity contribution in [2.45, 2.75) is 6.18 Å². The number of halogens is 4. The molecule has 1 aromatic rings. The lowest BCUT2D eigenvalue weighted by molar-refractivity contribution is -0.138. The molecule has 0 unspecified atom stereocenters. The smallest absolute Gasteiger partial charge is 0.364 e. The highest BCUT2D eigenvalue weighted by Crippen LogP contribution is 2.31. The van der Waals surface area contributed by atoms with Crippen molar-refractivity contribution in [2.24, 2.45) is 5.73 Å². The highest BCUT2D eigenvalue weighted by atomic mass is 127. The minimum atomic E-state index is -4.46. The third-order valence-corrected chi connectivity index (χ3v) is 2.23. The number of carbonyl (C=O) groups is 1. The predicted octanol–water partition coefficient (Wildman–Crippen LogP) is 1.80. The minimum absolute atomic E-state index is 0.178. The Kier molecular flexibility index (Phi) is 2.98. The summed E-state index contributed by atoms with van der Waals surface area (Å²) < 4.78 is 36.4. The van der Waals surface area contributed by atoms with E-state index in [1.165, 1.54) is 22.6 Å². The molecule has 14 heavy (non-hydrogen) atoms. The van der Waals surface area contributed by atoms with Crippen LogP contribution in [0.4, 0.5) is 13.2 Å². The Hall–Kier alpha value is -0.860. The fraction of sp³-hybridized carbons (Fsp3) is 0.143. The van der Waals surface area contributed by atoms with Gasteiger partial charge in [-0.1, -0.05) is 0 Å². The number of amides is 1. The van der Waals surface area contributed by atoms with E-state index >= 15 is 0 Å². The molecule has 1 amide bonds. The molecular formula is C7H4F3IN2O. The van der Waals surface area contributed by atoms with Gasteiger partial charge in [0.1, 0.15) is 9.39 Å². The first kappa shape index (κ1) is 11.2. The zero-order valence-electron chi connectivity index (χ0n) is 6.60. The zero-order chi connectivity index (χ0) is 10.9. The average molecular weight is 316 g/mol. The Bertz CT molecular complexity index is 378. The van der Waals surface area contributed by atoms with Crippen LogP contribution in [0.15, 0.2) is 12.1 Å². The first-order chi connectivity index (χ1) is 6.32. The van der Waals surface area contributed by atoms with Crippen LogP contribution in [-0.2, 0) is 6.18 Å². The maximum atomic E-state index is 12.2. The average Bonchev–Trinajstić information content (AvgIpc) is 2.01. The molecule has 0 aliphatic rings. The van der Waals surface area contributed by atoms with Crippen LogP contribution in [0.5, 0.6) is 0 Å². The van der Waals surface area contributed by atoms with Crippen molar-refractivity contribution in [1.82, 2.24) is 4.98 Å². The SMILES string of the molecule is NC(=O)c1ccc(C(F)(F)F)c(I)n1. The van der Waals surface area contributed by atoms with Crippen LogP contribution < -0.4 is 5.73 Å². The molecule has 1 heterocycles. The Morgan fingerprint density at radius 3 is 2.36 bits per heavy atom. The molecule has 7 heteroatoms. The molecule has 0 saturated carbocycles. The Balaban J connectivity index is 3.21. The lowest BCUT2D eigenvalue weighted by Crippen LogP contribution is -2.16. The molecular weight excluding hydrogens is 312 g/mol. The van der Waals surface area contributed by atoms with E-state index in [0.29, 0.717) is 0 Å². The van der Waals surface area contributed by atoms with E-state index in [-0.39, 0.29) is 9.39 Å². The van der Waals surface area contributed by atoms with Gasteiger partial charge in [0.25, 0.3) is 5.91 Å². The second kappa shape index (κ2) is 3.71. The van der Waals surface area contributed by atoms with Gasteiger partial charge in [0.05, 0.1) is 5.56 Å². The summed E-state index contributed by atoms with van der Waals surface area (Å²) in [4.78, 5) is 14.0. The monoisotopic (exact) mass is 316 g/mol. The molecule has 0 radical (unpaired) electrons. The number of hydrogen-bond acceptors (Lipinski definition) is 2. The first-order valence-electron chi connectivity index (χ1n) is 3.36. The largest absolute Gasteiger partial charge is 0.418 e. The van der Waals surface area contributed by atoms with E-state index in [1.54, 1.807) is 0 Å². The number of rotatable bonds is 1. The van der Waals surface area contributed by atoms with Crippen molar-refractivity contribution in [3.8, 4) is 0 Å². The molecule has 0 atom stereocenters. The lowest BCUT2D eigenvalue weighted by Gasteiger charge is -2.08. The third kappa shape index (κ3) is 2.34. The minimum Gasteiger partial charge on any atom is -0.364 e. The molecule has 0 bridgehead atoms. The van der Waals surface area contributed by atoms with Crippen LogP contribution in [0, 0.1) is 3.70 Å². The standard InChI is InChI=1S/C7H4F3IN2O/c8-7(9,10)3-1-2-4(6(12)14)13-5(3)11/h1-2H,(H2,12,14). The van der Waals surface area contributed by atoms with Crippen LogP contribution in [0.25, 0.3) is 0 Å². The molecule has 3 nitrogen and oxygen atoms in total. The second-order valence-electron chi connectivity index (χ2n) is 2.40. The molecule has 0 fully saturated rings.